The van der Waals surface area contributed by atoms with Crippen molar-refractivity contribution in [2.75, 3.05) is 6.54 Å². The lowest BCUT2D eigenvalue weighted by atomic mass is 9.73. The van der Waals surface area contributed by atoms with E-state index in [1.165, 1.54) is 19.3 Å². The summed E-state index contributed by atoms with van der Waals surface area (Å²) in [6, 6.07) is 4.01. The zero-order valence-corrected chi connectivity index (χ0v) is 11.3. The van der Waals surface area contributed by atoms with Gasteiger partial charge >= 0.3 is 0 Å². The monoisotopic (exact) mass is 270 g/mol. The number of aromatic amines is 1. The summed E-state index contributed by atoms with van der Waals surface area (Å²) in [4.78, 5) is 19.6. The van der Waals surface area contributed by atoms with Gasteiger partial charge in [0, 0.05) is 34.9 Å². The molecule has 1 atom stereocenters. The quantitative estimate of drug-likeness (QED) is 0.776. The Labute approximate surface area is 117 Å². The number of carbonyl (C=O) groups excluding carboxylic acids is 1. The van der Waals surface area contributed by atoms with E-state index in [4.69, 9.17) is 0 Å². The molecule has 2 aromatic heterocycles. The Bertz CT molecular complexity index is 626. The molecule has 1 saturated heterocycles. The van der Waals surface area contributed by atoms with Crippen LogP contribution in [-0.2, 0) is 0 Å². The number of rotatable bonds is 2. The summed E-state index contributed by atoms with van der Waals surface area (Å²) < 4.78 is 0. The zero-order chi connectivity index (χ0) is 13.6. The van der Waals surface area contributed by atoms with E-state index in [9.17, 15) is 4.79 Å². The van der Waals surface area contributed by atoms with Crippen LogP contribution in [0.1, 0.15) is 36.2 Å². The third-order valence-corrected chi connectivity index (χ3v) is 4.79. The van der Waals surface area contributed by atoms with Crippen LogP contribution >= 0.6 is 0 Å². The van der Waals surface area contributed by atoms with Gasteiger partial charge in [0.1, 0.15) is 5.69 Å². The van der Waals surface area contributed by atoms with Gasteiger partial charge in [0.2, 0.25) is 0 Å². The molecular formula is C15H18N4O. The van der Waals surface area contributed by atoms with E-state index in [0.717, 1.165) is 23.9 Å². The summed E-state index contributed by atoms with van der Waals surface area (Å²) in [7, 11) is 0. The maximum Gasteiger partial charge on any atom is 0.268 e. The number of H-pyrrole nitrogens is 1. The molecule has 2 aliphatic rings. The summed E-state index contributed by atoms with van der Waals surface area (Å²) in [6.45, 7) is 1.00. The lowest BCUT2D eigenvalue weighted by Gasteiger charge is -2.43. The molecule has 4 rings (SSSR count). The largest absolute Gasteiger partial charge is 0.350 e. The van der Waals surface area contributed by atoms with E-state index >= 15 is 0 Å². The van der Waals surface area contributed by atoms with Crippen LogP contribution in [0, 0.1) is 0 Å². The molecule has 3 heterocycles. The average molecular weight is 270 g/mol. The van der Waals surface area contributed by atoms with Gasteiger partial charge in [0.25, 0.3) is 5.91 Å². The van der Waals surface area contributed by atoms with Gasteiger partial charge in [-0.15, -0.1) is 0 Å². The fraction of sp³-hybridized carbons (Fsp3) is 0.467. The highest BCUT2D eigenvalue weighted by Gasteiger charge is 2.47. The molecule has 0 radical (unpaired) electrons. The molecule has 5 nitrogen and oxygen atoms in total. The van der Waals surface area contributed by atoms with Gasteiger partial charge in [0.15, 0.2) is 0 Å². The van der Waals surface area contributed by atoms with E-state index in [0.29, 0.717) is 5.69 Å². The smallest absolute Gasteiger partial charge is 0.268 e. The van der Waals surface area contributed by atoms with Crippen molar-refractivity contribution in [2.24, 2.45) is 0 Å². The standard InChI is InChI=1S/C15H18N4O/c20-14(12-8-10-9-16-6-2-11(10)18-12)19-13-3-7-17-15(13)4-1-5-15/h2,6,8-9,13,17-18H,1,3-5,7H2,(H,19,20). The lowest BCUT2D eigenvalue weighted by Crippen LogP contribution is -2.59. The SMILES string of the molecule is O=C(NC1CCNC12CCC2)c1cc2cnccc2[nH]1. The van der Waals surface area contributed by atoms with E-state index in [1.807, 2.05) is 12.1 Å². The summed E-state index contributed by atoms with van der Waals surface area (Å²) in [6.07, 6.45) is 8.13. The Balaban J connectivity index is 1.55. The predicted molar refractivity (Wildman–Crippen MR) is 76.5 cm³/mol. The molecule has 3 N–H and O–H groups in total. The van der Waals surface area contributed by atoms with Crippen molar-refractivity contribution >= 4 is 16.8 Å². The molecule has 2 aromatic rings. The molecular weight excluding hydrogens is 252 g/mol. The second-order valence-corrected chi connectivity index (χ2v) is 5.90. The van der Waals surface area contributed by atoms with E-state index in [-0.39, 0.29) is 17.5 Å². The molecule has 1 aliphatic heterocycles. The lowest BCUT2D eigenvalue weighted by molar-refractivity contribution is 0.0877. The Morgan fingerprint density at radius 2 is 2.35 bits per heavy atom. The summed E-state index contributed by atoms with van der Waals surface area (Å²) in [5.41, 5.74) is 1.74. The number of hydrogen-bond donors (Lipinski definition) is 3. The molecule has 1 aliphatic carbocycles. The highest BCUT2D eigenvalue weighted by Crippen LogP contribution is 2.39. The minimum atomic E-state index is -0.0128. The van der Waals surface area contributed by atoms with Crippen LogP contribution in [0.25, 0.3) is 10.9 Å². The number of nitrogens with zero attached hydrogens (tertiary/aromatic N) is 1. The van der Waals surface area contributed by atoms with Gasteiger partial charge in [-0.1, -0.05) is 0 Å². The Morgan fingerprint density at radius 3 is 3.10 bits per heavy atom. The summed E-state index contributed by atoms with van der Waals surface area (Å²) in [5, 5.41) is 7.74. The first-order valence-electron chi connectivity index (χ1n) is 7.25. The fourth-order valence-electron chi connectivity index (χ4n) is 3.49. The first-order valence-corrected chi connectivity index (χ1v) is 7.25. The molecule has 5 heteroatoms. The fourth-order valence-corrected chi connectivity index (χ4v) is 3.49. The van der Waals surface area contributed by atoms with E-state index in [1.54, 1.807) is 12.4 Å². The minimum Gasteiger partial charge on any atom is -0.350 e. The number of fused-ring (bicyclic) bond motifs is 1. The van der Waals surface area contributed by atoms with Gasteiger partial charge in [-0.25, -0.2) is 0 Å². The van der Waals surface area contributed by atoms with Gasteiger partial charge < -0.3 is 15.6 Å². The Kier molecular flexibility index (Phi) is 2.57. The van der Waals surface area contributed by atoms with Crippen LogP contribution in [0.5, 0.6) is 0 Å². The molecule has 1 unspecified atom stereocenters. The molecule has 20 heavy (non-hydrogen) atoms. The average Bonchev–Trinajstić information content (AvgIpc) is 3.00. The second-order valence-electron chi connectivity index (χ2n) is 5.90. The van der Waals surface area contributed by atoms with Crippen molar-refractivity contribution < 1.29 is 4.79 Å². The second kappa shape index (κ2) is 4.31. The number of pyridine rings is 1. The minimum absolute atomic E-state index is 0.0128. The van der Waals surface area contributed by atoms with Crippen LogP contribution in [0.2, 0.25) is 0 Å². The Hall–Kier alpha value is -1.88. The highest BCUT2D eigenvalue weighted by atomic mass is 16.2. The summed E-state index contributed by atoms with van der Waals surface area (Å²) >= 11 is 0. The molecule has 1 spiro atoms. The highest BCUT2D eigenvalue weighted by molar-refractivity contribution is 5.98. The normalized spacial score (nSPS) is 23.9. The van der Waals surface area contributed by atoms with Crippen LogP contribution in [0.3, 0.4) is 0 Å². The molecule has 0 aromatic carbocycles. The predicted octanol–water partition coefficient (Wildman–Crippen LogP) is 1.58. The van der Waals surface area contributed by atoms with Crippen LogP contribution in [0.15, 0.2) is 24.5 Å². The van der Waals surface area contributed by atoms with Gasteiger partial charge in [-0.05, 0) is 44.4 Å². The molecule has 2 fully saturated rings. The van der Waals surface area contributed by atoms with Gasteiger partial charge in [0.05, 0.1) is 0 Å². The summed E-state index contributed by atoms with van der Waals surface area (Å²) in [5.74, 6) is -0.0128. The topological polar surface area (TPSA) is 69.8 Å². The zero-order valence-electron chi connectivity index (χ0n) is 11.3. The first kappa shape index (κ1) is 11.9. The maximum atomic E-state index is 12.4. The van der Waals surface area contributed by atoms with Gasteiger partial charge in [-0.2, -0.15) is 0 Å². The van der Waals surface area contributed by atoms with Crippen molar-refractivity contribution in [3.63, 3.8) is 0 Å². The van der Waals surface area contributed by atoms with Crippen molar-refractivity contribution in [2.45, 2.75) is 37.3 Å². The van der Waals surface area contributed by atoms with Crippen LogP contribution < -0.4 is 10.6 Å². The molecule has 0 bridgehead atoms. The van der Waals surface area contributed by atoms with Crippen molar-refractivity contribution in [3.05, 3.63) is 30.2 Å². The number of carbonyl (C=O) groups is 1. The van der Waals surface area contributed by atoms with E-state index in [2.05, 4.69) is 20.6 Å². The number of aromatic nitrogens is 2. The third kappa shape index (κ3) is 1.73. The van der Waals surface area contributed by atoms with Crippen LogP contribution in [-0.4, -0.2) is 34.0 Å². The first-order chi connectivity index (χ1) is 9.77. The maximum absolute atomic E-state index is 12.4. The number of hydrogen-bond acceptors (Lipinski definition) is 3. The third-order valence-electron chi connectivity index (χ3n) is 4.79. The van der Waals surface area contributed by atoms with Crippen molar-refractivity contribution in [1.29, 1.82) is 0 Å². The van der Waals surface area contributed by atoms with E-state index < -0.39 is 0 Å². The van der Waals surface area contributed by atoms with Crippen molar-refractivity contribution in [3.8, 4) is 0 Å². The molecule has 104 valence electrons. The Morgan fingerprint density at radius 1 is 1.45 bits per heavy atom. The molecule has 1 saturated carbocycles. The van der Waals surface area contributed by atoms with Crippen molar-refractivity contribution in [1.82, 2.24) is 20.6 Å². The van der Waals surface area contributed by atoms with Gasteiger partial charge in [-0.3, -0.25) is 9.78 Å². The number of amides is 1. The van der Waals surface area contributed by atoms with Crippen LogP contribution in [0.4, 0.5) is 0 Å². The number of nitrogens with one attached hydrogen (secondary N) is 3. The molecule has 1 amide bonds.